The van der Waals surface area contributed by atoms with Crippen LogP contribution < -0.4 is 5.73 Å². The van der Waals surface area contributed by atoms with Crippen LogP contribution in [0.3, 0.4) is 0 Å². The molecule has 0 aromatic carbocycles. The molecule has 0 saturated carbocycles. The van der Waals surface area contributed by atoms with Crippen LogP contribution in [0.4, 0.5) is 0 Å². The van der Waals surface area contributed by atoms with Gasteiger partial charge in [-0.2, -0.15) is 0 Å². The fourth-order valence-electron chi connectivity index (χ4n) is 1.90. The van der Waals surface area contributed by atoms with Crippen LogP contribution >= 0.6 is 0 Å². The van der Waals surface area contributed by atoms with Gasteiger partial charge in [-0.1, -0.05) is 46.5 Å². The molecular weight excluding hydrogens is 162 g/mol. The van der Waals surface area contributed by atoms with E-state index in [1.54, 1.807) is 0 Å². The fourth-order valence-corrected chi connectivity index (χ4v) is 1.90. The quantitative estimate of drug-likeness (QED) is 0.657. The van der Waals surface area contributed by atoms with Gasteiger partial charge >= 0.3 is 0 Å². The van der Waals surface area contributed by atoms with Crippen LogP contribution in [0.5, 0.6) is 0 Å². The largest absolute Gasteiger partial charge is 0.412 e. The molecule has 2 heteroatoms. The average Bonchev–Trinajstić information content (AvgIpc) is 2.02. The van der Waals surface area contributed by atoms with Gasteiger partial charge in [0.05, 0.1) is 0 Å². The number of nitrogens with two attached hydrogens (primary N) is 1. The van der Waals surface area contributed by atoms with Crippen LogP contribution in [0, 0.1) is 0 Å². The molecule has 0 atom stereocenters. The molecule has 13 heavy (non-hydrogen) atoms. The Kier molecular flexibility index (Phi) is 10.1. The van der Waals surface area contributed by atoms with Crippen molar-refractivity contribution in [3.8, 4) is 0 Å². The van der Waals surface area contributed by atoms with Gasteiger partial charge in [0.15, 0.2) is 0 Å². The molecule has 0 saturated heterocycles. The van der Waals surface area contributed by atoms with Gasteiger partial charge in [0.1, 0.15) is 0 Å². The van der Waals surface area contributed by atoms with E-state index in [0.29, 0.717) is 0 Å². The van der Waals surface area contributed by atoms with E-state index < -0.39 is 0 Å². The first-order valence-corrected chi connectivity index (χ1v) is 5.47. The lowest BCUT2D eigenvalue weighted by Gasteiger charge is -2.28. The lowest BCUT2D eigenvalue weighted by Crippen LogP contribution is -2.39. The molecule has 0 aromatic heterocycles. The van der Waals surface area contributed by atoms with Crippen LogP contribution in [0.1, 0.15) is 65.7 Å². The lowest BCUT2D eigenvalue weighted by molar-refractivity contribution is 0.324. The monoisotopic (exact) mass is 189 g/mol. The standard InChI is InChI=1S/C11H25N.H2O/c1-4-7-10-11(12,8-5-2)9-6-3;/h4-10,12H2,1-3H3;1H2. The minimum absolute atomic E-state index is 0. The van der Waals surface area contributed by atoms with Gasteiger partial charge in [-0.25, -0.2) is 0 Å². The van der Waals surface area contributed by atoms with Crippen LogP contribution in [0.2, 0.25) is 0 Å². The van der Waals surface area contributed by atoms with E-state index in [0.717, 1.165) is 0 Å². The van der Waals surface area contributed by atoms with Crippen LogP contribution in [0.15, 0.2) is 0 Å². The van der Waals surface area contributed by atoms with Crippen molar-refractivity contribution in [3.63, 3.8) is 0 Å². The summed E-state index contributed by atoms with van der Waals surface area (Å²) >= 11 is 0. The SMILES string of the molecule is CCCCC(N)(CCC)CCC.O. The predicted octanol–water partition coefficient (Wildman–Crippen LogP) is 2.65. The van der Waals surface area contributed by atoms with E-state index in [4.69, 9.17) is 5.73 Å². The van der Waals surface area contributed by atoms with E-state index in [9.17, 15) is 0 Å². The first-order valence-electron chi connectivity index (χ1n) is 5.47. The highest BCUT2D eigenvalue weighted by atomic mass is 16.0. The Bertz CT molecular complexity index is 98.3. The Hall–Kier alpha value is -0.0800. The number of unbranched alkanes of at least 4 members (excludes halogenated alkanes) is 1. The molecule has 4 N–H and O–H groups in total. The van der Waals surface area contributed by atoms with Crippen molar-refractivity contribution in [1.82, 2.24) is 0 Å². The molecule has 0 radical (unpaired) electrons. The fraction of sp³-hybridized carbons (Fsp3) is 1.00. The molecule has 0 aromatic rings. The van der Waals surface area contributed by atoms with E-state index in [2.05, 4.69) is 20.8 Å². The summed E-state index contributed by atoms with van der Waals surface area (Å²) in [5.74, 6) is 0. The highest BCUT2D eigenvalue weighted by molar-refractivity contribution is 4.82. The van der Waals surface area contributed by atoms with Crippen molar-refractivity contribution in [2.45, 2.75) is 71.3 Å². The summed E-state index contributed by atoms with van der Waals surface area (Å²) in [6, 6.07) is 0. The van der Waals surface area contributed by atoms with Gasteiger partial charge in [0.2, 0.25) is 0 Å². The van der Waals surface area contributed by atoms with Crippen LogP contribution in [-0.4, -0.2) is 11.0 Å². The van der Waals surface area contributed by atoms with E-state index in [1.807, 2.05) is 0 Å². The van der Waals surface area contributed by atoms with Crippen LogP contribution in [-0.2, 0) is 0 Å². The molecule has 0 aliphatic rings. The third-order valence-electron chi connectivity index (χ3n) is 2.52. The second kappa shape index (κ2) is 8.52. The maximum atomic E-state index is 6.31. The highest BCUT2D eigenvalue weighted by Crippen LogP contribution is 2.22. The van der Waals surface area contributed by atoms with Crippen molar-refractivity contribution in [2.24, 2.45) is 5.73 Å². The Balaban J connectivity index is 0. The van der Waals surface area contributed by atoms with Gasteiger partial charge < -0.3 is 11.2 Å². The van der Waals surface area contributed by atoms with E-state index in [-0.39, 0.29) is 11.0 Å². The van der Waals surface area contributed by atoms with Gasteiger partial charge in [0, 0.05) is 5.54 Å². The predicted molar refractivity (Wildman–Crippen MR) is 59.9 cm³/mol. The minimum Gasteiger partial charge on any atom is -0.412 e. The highest BCUT2D eigenvalue weighted by Gasteiger charge is 2.21. The summed E-state index contributed by atoms with van der Waals surface area (Å²) in [5, 5.41) is 0. The molecule has 0 aliphatic carbocycles. The van der Waals surface area contributed by atoms with Gasteiger partial charge in [-0.15, -0.1) is 0 Å². The Labute approximate surface area is 83.2 Å². The molecule has 2 nitrogen and oxygen atoms in total. The molecule has 0 heterocycles. The summed E-state index contributed by atoms with van der Waals surface area (Å²) in [5.41, 5.74) is 6.46. The zero-order valence-corrected chi connectivity index (χ0v) is 9.53. The third kappa shape index (κ3) is 7.03. The molecule has 0 bridgehead atoms. The van der Waals surface area contributed by atoms with E-state index >= 15 is 0 Å². The van der Waals surface area contributed by atoms with Gasteiger partial charge in [0.25, 0.3) is 0 Å². The van der Waals surface area contributed by atoms with Crippen molar-refractivity contribution < 1.29 is 5.48 Å². The molecule has 0 fully saturated rings. The lowest BCUT2D eigenvalue weighted by atomic mass is 9.85. The first kappa shape index (κ1) is 15.4. The summed E-state index contributed by atoms with van der Waals surface area (Å²) in [7, 11) is 0. The van der Waals surface area contributed by atoms with Crippen molar-refractivity contribution in [1.29, 1.82) is 0 Å². The first-order chi connectivity index (χ1) is 5.68. The van der Waals surface area contributed by atoms with Crippen molar-refractivity contribution >= 4 is 0 Å². The molecule has 0 aliphatic heterocycles. The topological polar surface area (TPSA) is 57.5 Å². The van der Waals surface area contributed by atoms with Crippen LogP contribution in [0.25, 0.3) is 0 Å². The second-order valence-corrected chi connectivity index (χ2v) is 3.97. The van der Waals surface area contributed by atoms with E-state index in [1.165, 1.54) is 44.9 Å². The maximum Gasteiger partial charge on any atom is 0.0154 e. The maximum absolute atomic E-state index is 6.31. The molecule has 0 spiro atoms. The molecule has 0 rings (SSSR count). The number of hydrogen-bond acceptors (Lipinski definition) is 1. The van der Waals surface area contributed by atoms with Gasteiger partial charge in [-0.3, -0.25) is 0 Å². The Morgan fingerprint density at radius 1 is 0.846 bits per heavy atom. The normalized spacial score (nSPS) is 11.1. The molecule has 0 unspecified atom stereocenters. The summed E-state index contributed by atoms with van der Waals surface area (Å²) < 4.78 is 0. The minimum atomic E-state index is 0. The summed E-state index contributed by atoms with van der Waals surface area (Å²) in [4.78, 5) is 0. The van der Waals surface area contributed by atoms with Gasteiger partial charge in [-0.05, 0) is 19.3 Å². The zero-order valence-electron chi connectivity index (χ0n) is 9.53. The van der Waals surface area contributed by atoms with Crippen molar-refractivity contribution in [2.75, 3.05) is 0 Å². The zero-order chi connectivity index (χ0) is 9.45. The second-order valence-electron chi connectivity index (χ2n) is 3.97. The smallest absolute Gasteiger partial charge is 0.0154 e. The number of rotatable bonds is 7. The third-order valence-corrected chi connectivity index (χ3v) is 2.52. The Morgan fingerprint density at radius 3 is 1.62 bits per heavy atom. The number of hydrogen-bond donors (Lipinski definition) is 1. The molecule has 82 valence electrons. The average molecular weight is 189 g/mol. The van der Waals surface area contributed by atoms with Crippen molar-refractivity contribution in [3.05, 3.63) is 0 Å². The molecular formula is C11H27NO. The summed E-state index contributed by atoms with van der Waals surface area (Å²) in [6.45, 7) is 6.69. The Morgan fingerprint density at radius 2 is 1.31 bits per heavy atom. The summed E-state index contributed by atoms with van der Waals surface area (Å²) in [6.07, 6.45) is 8.61. The molecule has 0 amide bonds.